The molecule has 0 saturated heterocycles. The first-order valence-electron chi connectivity index (χ1n) is 5.90. The standard InChI is InChI=1S/C13H20N2O2S/c1-4-10(9-16-2)14-13(18)15-11-6-5-7-12(8-11)17-3/h5-8,10H,4,9H2,1-3H3,(H2,14,15,18). The van der Waals surface area contributed by atoms with Crippen molar-refractivity contribution in [2.24, 2.45) is 0 Å². The Morgan fingerprint density at radius 2 is 2.17 bits per heavy atom. The number of anilines is 1. The summed E-state index contributed by atoms with van der Waals surface area (Å²) in [7, 11) is 3.32. The van der Waals surface area contributed by atoms with E-state index in [2.05, 4.69) is 17.6 Å². The number of methoxy groups -OCH3 is 2. The fraction of sp³-hybridized carbons (Fsp3) is 0.462. The van der Waals surface area contributed by atoms with Crippen LogP contribution in [-0.2, 0) is 4.74 Å². The van der Waals surface area contributed by atoms with E-state index in [-0.39, 0.29) is 6.04 Å². The fourth-order valence-electron chi connectivity index (χ4n) is 1.52. The Morgan fingerprint density at radius 1 is 1.39 bits per heavy atom. The van der Waals surface area contributed by atoms with Gasteiger partial charge >= 0.3 is 0 Å². The van der Waals surface area contributed by atoms with Gasteiger partial charge in [0.05, 0.1) is 19.8 Å². The van der Waals surface area contributed by atoms with Gasteiger partial charge in [0.25, 0.3) is 0 Å². The highest BCUT2D eigenvalue weighted by Gasteiger charge is 2.07. The Balaban J connectivity index is 2.52. The van der Waals surface area contributed by atoms with E-state index < -0.39 is 0 Å². The van der Waals surface area contributed by atoms with E-state index in [0.29, 0.717) is 11.7 Å². The number of rotatable bonds is 6. The summed E-state index contributed by atoms with van der Waals surface area (Å²) in [4.78, 5) is 0. The number of nitrogens with one attached hydrogen (secondary N) is 2. The van der Waals surface area contributed by atoms with E-state index in [4.69, 9.17) is 21.7 Å². The van der Waals surface area contributed by atoms with Crippen molar-refractivity contribution in [1.29, 1.82) is 0 Å². The molecule has 1 aromatic carbocycles. The van der Waals surface area contributed by atoms with E-state index in [9.17, 15) is 0 Å². The highest BCUT2D eigenvalue weighted by Crippen LogP contribution is 2.16. The van der Waals surface area contributed by atoms with Crippen molar-refractivity contribution < 1.29 is 9.47 Å². The van der Waals surface area contributed by atoms with Gasteiger partial charge in [-0.25, -0.2) is 0 Å². The van der Waals surface area contributed by atoms with Gasteiger partial charge in [-0.05, 0) is 30.8 Å². The lowest BCUT2D eigenvalue weighted by Gasteiger charge is -2.18. The number of hydrogen-bond donors (Lipinski definition) is 2. The van der Waals surface area contributed by atoms with Crippen LogP contribution < -0.4 is 15.4 Å². The van der Waals surface area contributed by atoms with Gasteiger partial charge in [0.2, 0.25) is 0 Å². The van der Waals surface area contributed by atoms with Crippen LogP contribution in [-0.4, -0.2) is 32.0 Å². The van der Waals surface area contributed by atoms with Crippen molar-refractivity contribution >= 4 is 23.0 Å². The average molecular weight is 268 g/mol. The molecule has 0 aliphatic carbocycles. The summed E-state index contributed by atoms with van der Waals surface area (Å²) in [6.07, 6.45) is 0.952. The molecular formula is C13H20N2O2S. The Morgan fingerprint density at radius 3 is 2.78 bits per heavy atom. The molecule has 0 saturated carbocycles. The first-order chi connectivity index (χ1) is 8.69. The zero-order valence-corrected chi connectivity index (χ0v) is 11.8. The summed E-state index contributed by atoms with van der Waals surface area (Å²) < 4.78 is 10.3. The molecule has 1 aromatic rings. The molecule has 1 unspecified atom stereocenters. The Hall–Kier alpha value is -1.33. The third-order valence-corrected chi connectivity index (χ3v) is 2.74. The molecule has 1 atom stereocenters. The molecule has 0 aromatic heterocycles. The average Bonchev–Trinajstić information content (AvgIpc) is 2.38. The quantitative estimate of drug-likeness (QED) is 0.776. The zero-order valence-electron chi connectivity index (χ0n) is 11.0. The lowest BCUT2D eigenvalue weighted by molar-refractivity contribution is 0.172. The van der Waals surface area contributed by atoms with Gasteiger partial charge in [-0.15, -0.1) is 0 Å². The molecule has 0 fully saturated rings. The van der Waals surface area contributed by atoms with Crippen LogP contribution in [0.4, 0.5) is 5.69 Å². The lowest BCUT2D eigenvalue weighted by Crippen LogP contribution is -2.40. The highest BCUT2D eigenvalue weighted by molar-refractivity contribution is 7.80. The fourth-order valence-corrected chi connectivity index (χ4v) is 1.80. The molecule has 5 heteroatoms. The molecule has 100 valence electrons. The minimum Gasteiger partial charge on any atom is -0.497 e. The second kappa shape index (κ2) is 7.89. The van der Waals surface area contributed by atoms with Crippen molar-refractivity contribution in [2.75, 3.05) is 26.1 Å². The number of hydrogen-bond acceptors (Lipinski definition) is 3. The van der Waals surface area contributed by atoms with Crippen LogP contribution >= 0.6 is 12.2 Å². The van der Waals surface area contributed by atoms with Crippen molar-refractivity contribution in [3.8, 4) is 5.75 Å². The summed E-state index contributed by atoms with van der Waals surface area (Å²) in [5.74, 6) is 0.798. The van der Waals surface area contributed by atoms with Gasteiger partial charge in [0.15, 0.2) is 5.11 Å². The molecule has 0 aliphatic rings. The highest BCUT2D eigenvalue weighted by atomic mass is 32.1. The Bertz CT molecular complexity index is 385. The molecule has 0 radical (unpaired) electrons. The van der Waals surface area contributed by atoms with Gasteiger partial charge in [0, 0.05) is 18.9 Å². The van der Waals surface area contributed by atoms with Crippen molar-refractivity contribution in [1.82, 2.24) is 5.32 Å². The van der Waals surface area contributed by atoms with Crippen molar-refractivity contribution in [3.63, 3.8) is 0 Å². The van der Waals surface area contributed by atoms with E-state index in [1.807, 2.05) is 24.3 Å². The van der Waals surface area contributed by atoms with Gasteiger partial charge in [-0.1, -0.05) is 13.0 Å². The first kappa shape index (κ1) is 14.7. The van der Waals surface area contributed by atoms with Crippen molar-refractivity contribution in [3.05, 3.63) is 24.3 Å². The summed E-state index contributed by atoms with van der Waals surface area (Å²) in [6.45, 7) is 2.72. The molecule has 4 nitrogen and oxygen atoms in total. The number of benzene rings is 1. The van der Waals surface area contributed by atoms with E-state index in [1.165, 1.54) is 0 Å². The van der Waals surface area contributed by atoms with Gasteiger partial charge in [0.1, 0.15) is 5.75 Å². The molecule has 0 heterocycles. The minimum atomic E-state index is 0.223. The number of thiocarbonyl (C=S) groups is 1. The molecule has 0 bridgehead atoms. The molecule has 0 aliphatic heterocycles. The lowest BCUT2D eigenvalue weighted by atomic mass is 10.2. The third-order valence-electron chi connectivity index (χ3n) is 2.52. The minimum absolute atomic E-state index is 0.223. The molecule has 18 heavy (non-hydrogen) atoms. The van der Waals surface area contributed by atoms with E-state index in [0.717, 1.165) is 17.9 Å². The predicted octanol–water partition coefficient (Wildman–Crippen LogP) is 2.41. The molecular weight excluding hydrogens is 248 g/mol. The summed E-state index contributed by atoms with van der Waals surface area (Å²) >= 11 is 5.25. The normalized spacial score (nSPS) is 11.7. The first-order valence-corrected chi connectivity index (χ1v) is 6.31. The largest absolute Gasteiger partial charge is 0.497 e. The van der Waals surface area contributed by atoms with Gasteiger partial charge in [-0.3, -0.25) is 0 Å². The maximum Gasteiger partial charge on any atom is 0.171 e. The van der Waals surface area contributed by atoms with Crippen LogP contribution in [0.15, 0.2) is 24.3 Å². The van der Waals surface area contributed by atoms with Gasteiger partial charge < -0.3 is 20.1 Å². The third kappa shape index (κ3) is 4.89. The summed E-state index contributed by atoms with van der Waals surface area (Å²) in [5, 5.41) is 6.92. The summed E-state index contributed by atoms with van der Waals surface area (Å²) in [5.41, 5.74) is 0.902. The summed E-state index contributed by atoms with van der Waals surface area (Å²) in [6, 6.07) is 7.86. The topological polar surface area (TPSA) is 42.5 Å². The number of ether oxygens (including phenoxy) is 2. The Kier molecular flexibility index (Phi) is 6.46. The van der Waals surface area contributed by atoms with Gasteiger partial charge in [-0.2, -0.15) is 0 Å². The maximum atomic E-state index is 5.25. The second-order valence-corrected chi connectivity index (χ2v) is 4.30. The van der Waals surface area contributed by atoms with Crippen LogP contribution in [0.2, 0.25) is 0 Å². The SMILES string of the molecule is CCC(COC)NC(=S)Nc1cccc(OC)c1. The Labute approximate surface area is 114 Å². The predicted molar refractivity (Wildman–Crippen MR) is 78.3 cm³/mol. The maximum absolute atomic E-state index is 5.25. The molecule has 0 amide bonds. The van der Waals surface area contributed by atoms with Crippen LogP contribution in [0, 0.1) is 0 Å². The smallest absolute Gasteiger partial charge is 0.171 e. The van der Waals surface area contributed by atoms with E-state index in [1.54, 1.807) is 14.2 Å². The molecule has 0 spiro atoms. The van der Waals surface area contributed by atoms with Crippen LogP contribution in [0.1, 0.15) is 13.3 Å². The van der Waals surface area contributed by atoms with Crippen LogP contribution in [0.25, 0.3) is 0 Å². The monoisotopic (exact) mass is 268 g/mol. The zero-order chi connectivity index (χ0) is 13.4. The van der Waals surface area contributed by atoms with Crippen molar-refractivity contribution in [2.45, 2.75) is 19.4 Å². The molecule has 2 N–H and O–H groups in total. The van der Waals surface area contributed by atoms with Crippen LogP contribution in [0.5, 0.6) is 5.75 Å². The van der Waals surface area contributed by atoms with E-state index >= 15 is 0 Å². The molecule has 1 rings (SSSR count). The van der Waals surface area contributed by atoms with Crippen LogP contribution in [0.3, 0.4) is 0 Å². The second-order valence-electron chi connectivity index (χ2n) is 3.89.